The van der Waals surface area contributed by atoms with Crippen LogP contribution in [0.1, 0.15) is 18.7 Å². The molecule has 2 N–H and O–H groups in total. The van der Waals surface area contributed by atoms with Gasteiger partial charge in [-0.25, -0.2) is 9.78 Å². The van der Waals surface area contributed by atoms with Crippen LogP contribution >= 0.6 is 0 Å². The van der Waals surface area contributed by atoms with Crippen LogP contribution in [0.25, 0.3) is 5.52 Å². The molecule has 20 heavy (non-hydrogen) atoms. The van der Waals surface area contributed by atoms with Gasteiger partial charge in [0.25, 0.3) is 0 Å². The van der Waals surface area contributed by atoms with Crippen molar-refractivity contribution in [1.29, 1.82) is 0 Å². The van der Waals surface area contributed by atoms with E-state index in [1.165, 1.54) is 0 Å². The summed E-state index contributed by atoms with van der Waals surface area (Å²) in [4.78, 5) is 16.2. The van der Waals surface area contributed by atoms with Crippen LogP contribution in [-0.4, -0.2) is 34.7 Å². The fourth-order valence-corrected chi connectivity index (χ4v) is 2.37. The Morgan fingerprint density at radius 2 is 2.25 bits per heavy atom. The summed E-state index contributed by atoms with van der Waals surface area (Å²) in [5.41, 5.74) is 1.02. The summed E-state index contributed by atoms with van der Waals surface area (Å²) in [6, 6.07) is 5.95. The van der Waals surface area contributed by atoms with Gasteiger partial charge in [-0.1, -0.05) is 6.07 Å². The maximum absolute atomic E-state index is 11.8. The molecule has 0 saturated carbocycles. The third-order valence-electron chi connectivity index (χ3n) is 3.48. The van der Waals surface area contributed by atoms with Crippen molar-refractivity contribution in [1.82, 2.24) is 20.0 Å². The molecular weight excluding hydrogens is 256 g/mol. The average Bonchev–Trinajstić information content (AvgIpc) is 2.89. The van der Waals surface area contributed by atoms with E-state index in [2.05, 4.69) is 15.6 Å². The Morgan fingerprint density at radius 1 is 1.40 bits per heavy atom. The molecule has 0 unspecified atom stereocenters. The summed E-state index contributed by atoms with van der Waals surface area (Å²) in [6.45, 7) is 1.85. The van der Waals surface area contributed by atoms with E-state index in [-0.39, 0.29) is 12.1 Å². The first-order chi connectivity index (χ1) is 9.83. The number of aromatic nitrogens is 2. The van der Waals surface area contributed by atoms with Crippen LogP contribution in [0.5, 0.6) is 0 Å². The number of amides is 2. The summed E-state index contributed by atoms with van der Waals surface area (Å²) in [6.07, 6.45) is 5.49. The Morgan fingerprint density at radius 3 is 3.10 bits per heavy atom. The molecule has 1 aliphatic rings. The molecule has 3 heterocycles. The summed E-state index contributed by atoms with van der Waals surface area (Å²) >= 11 is 0. The Balaban J connectivity index is 1.54. The van der Waals surface area contributed by atoms with Gasteiger partial charge in [0.2, 0.25) is 0 Å². The first kappa shape index (κ1) is 12.9. The van der Waals surface area contributed by atoms with Gasteiger partial charge in [-0.2, -0.15) is 0 Å². The number of urea groups is 1. The molecule has 3 rings (SSSR count). The fraction of sp³-hybridized carbons (Fsp3) is 0.429. The monoisotopic (exact) mass is 274 g/mol. The van der Waals surface area contributed by atoms with Gasteiger partial charge < -0.3 is 19.8 Å². The zero-order valence-electron chi connectivity index (χ0n) is 11.2. The molecule has 6 nitrogen and oxygen atoms in total. The number of hydrogen-bond acceptors (Lipinski definition) is 3. The normalized spacial score (nSPS) is 16.2. The topological polar surface area (TPSA) is 67.7 Å². The van der Waals surface area contributed by atoms with Crippen molar-refractivity contribution < 1.29 is 9.53 Å². The number of rotatable bonds is 3. The van der Waals surface area contributed by atoms with Crippen LogP contribution in [0, 0.1) is 0 Å². The van der Waals surface area contributed by atoms with Crippen molar-refractivity contribution >= 4 is 11.5 Å². The maximum atomic E-state index is 11.8. The number of hydrogen-bond donors (Lipinski definition) is 2. The van der Waals surface area contributed by atoms with E-state index in [0.29, 0.717) is 6.54 Å². The number of nitrogens with zero attached hydrogens (tertiary/aromatic N) is 2. The van der Waals surface area contributed by atoms with Gasteiger partial charge in [0.1, 0.15) is 5.82 Å². The molecule has 1 fully saturated rings. The van der Waals surface area contributed by atoms with Crippen LogP contribution in [-0.2, 0) is 11.3 Å². The third-order valence-corrected chi connectivity index (χ3v) is 3.48. The molecule has 2 aromatic heterocycles. The molecule has 1 saturated heterocycles. The van der Waals surface area contributed by atoms with Gasteiger partial charge in [0, 0.05) is 25.5 Å². The highest BCUT2D eigenvalue weighted by atomic mass is 16.5. The lowest BCUT2D eigenvalue weighted by atomic mass is 10.1. The molecule has 0 aromatic carbocycles. The van der Waals surface area contributed by atoms with Gasteiger partial charge in [-0.3, -0.25) is 0 Å². The second-order valence-corrected chi connectivity index (χ2v) is 4.88. The minimum absolute atomic E-state index is 0.149. The Kier molecular flexibility index (Phi) is 3.83. The Hall–Kier alpha value is -2.08. The lowest BCUT2D eigenvalue weighted by Crippen LogP contribution is -2.44. The minimum atomic E-state index is -0.149. The second kappa shape index (κ2) is 5.92. The lowest BCUT2D eigenvalue weighted by Gasteiger charge is -2.23. The van der Waals surface area contributed by atoms with E-state index >= 15 is 0 Å². The smallest absolute Gasteiger partial charge is 0.315 e. The molecule has 0 atom stereocenters. The van der Waals surface area contributed by atoms with Crippen LogP contribution in [0.15, 0.2) is 30.6 Å². The quantitative estimate of drug-likeness (QED) is 0.887. The molecule has 0 aliphatic carbocycles. The molecule has 1 aliphatic heterocycles. The average molecular weight is 274 g/mol. The van der Waals surface area contributed by atoms with Gasteiger partial charge >= 0.3 is 6.03 Å². The van der Waals surface area contributed by atoms with Crippen molar-refractivity contribution in [3.63, 3.8) is 0 Å². The molecule has 0 spiro atoms. The maximum Gasteiger partial charge on any atom is 0.315 e. The summed E-state index contributed by atoms with van der Waals surface area (Å²) in [5.74, 6) is 0.822. The van der Waals surface area contributed by atoms with Gasteiger partial charge in [-0.15, -0.1) is 0 Å². The van der Waals surface area contributed by atoms with Gasteiger partial charge in [-0.05, 0) is 25.0 Å². The highest BCUT2D eigenvalue weighted by Crippen LogP contribution is 2.07. The predicted octanol–water partition coefficient (Wildman–Crippen LogP) is 1.31. The highest BCUT2D eigenvalue weighted by molar-refractivity contribution is 5.74. The van der Waals surface area contributed by atoms with Gasteiger partial charge in [0.15, 0.2) is 0 Å². The molecule has 2 aromatic rings. The van der Waals surface area contributed by atoms with Gasteiger partial charge in [0.05, 0.1) is 18.3 Å². The van der Waals surface area contributed by atoms with Crippen LogP contribution in [0.3, 0.4) is 0 Å². The summed E-state index contributed by atoms with van der Waals surface area (Å²) < 4.78 is 7.23. The Bertz CT molecular complexity index is 590. The van der Waals surface area contributed by atoms with Crippen LogP contribution in [0.2, 0.25) is 0 Å². The highest BCUT2D eigenvalue weighted by Gasteiger charge is 2.16. The van der Waals surface area contributed by atoms with E-state index in [1.54, 1.807) is 6.20 Å². The van der Waals surface area contributed by atoms with Crippen molar-refractivity contribution in [3.8, 4) is 0 Å². The number of carbonyl (C=O) groups is 1. The van der Waals surface area contributed by atoms with E-state index in [4.69, 9.17) is 4.74 Å². The number of ether oxygens (including phenoxy) is 1. The molecule has 6 heteroatoms. The first-order valence-corrected chi connectivity index (χ1v) is 6.86. The number of fused-ring (bicyclic) bond motifs is 1. The standard InChI is InChI=1S/C14H18N4O2/c19-14(17-11-4-7-20-8-5-11)16-10-13-15-9-12-3-1-2-6-18(12)13/h1-3,6,9,11H,4-5,7-8,10H2,(H2,16,17,19). The minimum Gasteiger partial charge on any atom is -0.381 e. The second-order valence-electron chi connectivity index (χ2n) is 4.88. The number of carbonyl (C=O) groups excluding carboxylic acids is 1. The van der Waals surface area contributed by atoms with Crippen molar-refractivity contribution in [2.45, 2.75) is 25.4 Å². The zero-order chi connectivity index (χ0) is 13.8. The van der Waals surface area contributed by atoms with E-state index < -0.39 is 0 Å². The molecule has 0 radical (unpaired) electrons. The number of imidazole rings is 1. The van der Waals surface area contributed by atoms with Crippen molar-refractivity contribution in [2.24, 2.45) is 0 Å². The number of pyridine rings is 1. The third kappa shape index (κ3) is 2.91. The van der Waals surface area contributed by atoms with E-state index in [9.17, 15) is 4.79 Å². The largest absolute Gasteiger partial charge is 0.381 e. The zero-order valence-corrected chi connectivity index (χ0v) is 11.2. The van der Waals surface area contributed by atoms with Crippen molar-refractivity contribution in [2.75, 3.05) is 13.2 Å². The van der Waals surface area contributed by atoms with Crippen molar-refractivity contribution in [3.05, 3.63) is 36.4 Å². The Labute approximate surface area is 117 Å². The molecule has 0 bridgehead atoms. The molecular formula is C14H18N4O2. The fourth-order valence-electron chi connectivity index (χ4n) is 2.37. The van der Waals surface area contributed by atoms with E-state index in [0.717, 1.165) is 37.4 Å². The summed E-state index contributed by atoms with van der Waals surface area (Å²) in [5, 5.41) is 5.81. The molecule has 2 amide bonds. The summed E-state index contributed by atoms with van der Waals surface area (Å²) in [7, 11) is 0. The van der Waals surface area contributed by atoms with E-state index in [1.807, 2.05) is 28.8 Å². The van der Waals surface area contributed by atoms with Crippen LogP contribution in [0.4, 0.5) is 4.79 Å². The lowest BCUT2D eigenvalue weighted by molar-refractivity contribution is 0.0800. The first-order valence-electron chi connectivity index (χ1n) is 6.86. The predicted molar refractivity (Wildman–Crippen MR) is 74.4 cm³/mol. The van der Waals surface area contributed by atoms with Crippen LogP contribution < -0.4 is 10.6 Å². The molecule has 106 valence electrons. The number of nitrogens with one attached hydrogen (secondary N) is 2. The SMILES string of the molecule is O=C(NCc1ncc2ccccn12)NC1CCOCC1.